The molecule has 0 fully saturated rings. The van der Waals surface area contributed by atoms with Crippen molar-refractivity contribution in [2.75, 3.05) is 5.75 Å². The Morgan fingerprint density at radius 2 is 2.00 bits per heavy atom. The minimum Gasteiger partial charge on any atom is -0.353 e. The van der Waals surface area contributed by atoms with Crippen molar-refractivity contribution in [3.05, 3.63) is 35.4 Å². The zero-order valence-corrected chi connectivity index (χ0v) is 11.6. The van der Waals surface area contributed by atoms with Gasteiger partial charge in [-0.1, -0.05) is 36.8 Å². The Hall–Kier alpha value is -0.960. The molecule has 0 aliphatic heterocycles. The fourth-order valence-electron chi connectivity index (χ4n) is 1.36. The minimum atomic E-state index is 0.136. The molecule has 0 bridgehead atoms. The Balaban J connectivity index is 2.23. The van der Waals surface area contributed by atoms with E-state index in [1.54, 1.807) is 11.8 Å². The SMILES string of the molecule is CC[C@H](C)NC(=O)CSCc1ccc(C)cc1. The molecule has 1 N–H and O–H groups in total. The van der Waals surface area contributed by atoms with Crippen LogP contribution < -0.4 is 5.32 Å². The first kappa shape index (κ1) is 14.1. The highest BCUT2D eigenvalue weighted by Crippen LogP contribution is 2.12. The van der Waals surface area contributed by atoms with Gasteiger partial charge < -0.3 is 5.32 Å². The first-order valence-electron chi connectivity index (χ1n) is 6.04. The Bertz CT molecular complexity index is 348. The molecule has 1 atom stereocenters. The van der Waals surface area contributed by atoms with E-state index in [0.29, 0.717) is 5.75 Å². The highest BCUT2D eigenvalue weighted by Gasteiger charge is 2.05. The molecule has 2 nitrogen and oxygen atoms in total. The number of amides is 1. The van der Waals surface area contributed by atoms with Gasteiger partial charge in [0.1, 0.15) is 0 Å². The summed E-state index contributed by atoms with van der Waals surface area (Å²) >= 11 is 1.66. The summed E-state index contributed by atoms with van der Waals surface area (Å²) in [4.78, 5) is 11.5. The van der Waals surface area contributed by atoms with Crippen LogP contribution in [-0.4, -0.2) is 17.7 Å². The lowest BCUT2D eigenvalue weighted by atomic mass is 10.2. The van der Waals surface area contributed by atoms with Crippen LogP contribution in [0.4, 0.5) is 0 Å². The number of hydrogen-bond acceptors (Lipinski definition) is 2. The van der Waals surface area contributed by atoms with Crippen LogP contribution in [0.5, 0.6) is 0 Å². The van der Waals surface area contributed by atoms with E-state index in [2.05, 4.69) is 43.4 Å². The smallest absolute Gasteiger partial charge is 0.230 e. The third-order valence-electron chi connectivity index (χ3n) is 2.64. The van der Waals surface area contributed by atoms with Crippen LogP contribution in [0.1, 0.15) is 31.4 Å². The second-order valence-electron chi connectivity index (χ2n) is 4.36. The molecule has 1 aromatic rings. The topological polar surface area (TPSA) is 29.1 Å². The average molecular weight is 251 g/mol. The number of nitrogens with one attached hydrogen (secondary N) is 1. The molecule has 0 saturated carbocycles. The van der Waals surface area contributed by atoms with Crippen LogP contribution in [0.3, 0.4) is 0 Å². The number of carbonyl (C=O) groups excluding carboxylic acids is 1. The van der Waals surface area contributed by atoms with Gasteiger partial charge in [-0.25, -0.2) is 0 Å². The van der Waals surface area contributed by atoms with Gasteiger partial charge in [0.05, 0.1) is 5.75 Å². The maximum atomic E-state index is 11.5. The van der Waals surface area contributed by atoms with Crippen molar-refractivity contribution in [3.63, 3.8) is 0 Å². The fourth-order valence-corrected chi connectivity index (χ4v) is 2.16. The van der Waals surface area contributed by atoms with Crippen molar-refractivity contribution in [1.29, 1.82) is 0 Å². The normalized spacial score (nSPS) is 12.2. The van der Waals surface area contributed by atoms with Gasteiger partial charge in [-0.2, -0.15) is 0 Å². The highest BCUT2D eigenvalue weighted by atomic mass is 32.2. The summed E-state index contributed by atoms with van der Waals surface area (Å²) in [6.07, 6.45) is 0.981. The van der Waals surface area contributed by atoms with Crippen molar-refractivity contribution in [2.24, 2.45) is 0 Å². The molecular formula is C14H21NOS. The van der Waals surface area contributed by atoms with E-state index in [0.717, 1.165) is 12.2 Å². The predicted octanol–water partition coefficient (Wildman–Crippen LogP) is 3.14. The summed E-state index contributed by atoms with van der Waals surface area (Å²) in [6.45, 7) is 6.18. The van der Waals surface area contributed by atoms with Crippen LogP contribution in [0, 0.1) is 6.92 Å². The predicted molar refractivity (Wildman–Crippen MR) is 75.2 cm³/mol. The number of rotatable bonds is 6. The zero-order valence-electron chi connectivity index (χ0n) is 10.8. The molecule has 0 unspecified atom stereocenters. The molecule has 0 spiro atoms. The minimum absolute atomic E-state index is 0.136. The van der Waals surface area contributed by atoms with E-state index in [9.17, 15) is 4.79 Å². The van der Waals surface area contributed by atoms with E-state index >= 15 is 0 Å². The monoisotopic (exact) mass is 251 g/mol. The highest BCUT2D eigenvalue weighted by molar-refractivity contribution is 7.99. The maximum absolute atomic E-state index is 11.5. The lowest BCUT2D eigenvalue weighted by molar-refractivity contribution is -0.119. The third-order valence-corrected chi connectivity index (χ3v) is 3.65. The molecule has 94 valence electrons. The van der Waals surface area contributed by atoms with Crippen molar-refractivity contribution in [2.45, 2.75) is 39.0 Å². The summed E-state index contributed by atoms with van der Waals surface area (Å²) in [5, 5.41) is 2.97. The van der Waals surface area contributed by atoms with Crippen LogP contribution >= 0.6 is 11.8 Å². The van der Waals surface area contributed by atoms with Gasteiger partial charge in [0, 0.05) is 11.8 Å². The summed E-state index contributed by atoms with van der Waals surface area (Å²) in [5.41, 5.74) is 2.55. The van der Waals surface area contributed by atoms with Crippen LogP contribution in [0.2, 0.25) is 0 Å². The summed E-state index contributed by atoms with van der Waals surface area (Å²) in [7, 11) is 0. The summed E-state index contributed by atoms with van der Waals surface area (Å²) < 4.78 is 0. The standard InChI is InChI=1S/C14H21NOS/c1-4-12(3)15-14(16)10-17-9-13-7-5-11(2)6-8-13/h5-8,12H,4,9-10H2,1-3H3,(H,15,16)/t12-/m0/s1. The number of aryl methyl sites for hydroxylation is 1. The van der Waals surface area contributed by atoms with E-state index in [1.165, 1.54) is 11.1 Å². The van der Waals surface area contributed by atoms with Gasteiger partial charge in [0.2, 0.25) is 5.91 Å². The molecule has 0 aliphatic rings. The summed E-state index contributed by atoms with van der Waals surface area (Å²) in [5.74, 6) is 1.57. The van der Waals surface area contributed by atoms with E-state index < -0.39 is 0 Å². The molecular weight excluding hydrogens is 230 g/mol. The molecule has 1 rings (SSSR count). The molecule has 17 heavy (non-hydrogen) atoms. The molecule has 1 aromatic carbocycles. The Kier molecular flexibility index (Phi) is 6.12. The van der Waals surface area contributed by atoms with Gasteiger partial charge in [0.15, 0.2) is 0 Å². The van der Waals surface area contributed by atoms with E-state index in [1.807, 2.05) is 6.92 Å². The third kappa shape index (κ3) is 5.78. The van der Waals surface area contributed by atoms with Gasteiger partial charge in [-0.05, 0) is 25.8 Å². The van der Waals surface area contributed by atoms with Gasteiger partial charge in [0.25, 0.3) is 0 Å². The Morgan fingerprint density at radius 3 is 2.59 bits per heavy atom. The number of carbonyl (C=O) groups is 1. The largest absolute Gasteiger partial charge is 0.353 e. The fraction of sp³-hybridized carbons (Fsp3) is 0.500. The first-order chi connectivity index (χ1) is 8.11. The van der Waals surface area contributed by atoms with Crippen molar-refractivity contribution < 1.29 is 4.79 Å². The molecule has 0 radical (unpaired) electrons. The first-order valence-corrected chi connectivity index (χ1v) is 7.20. The average Bonchev–Trinajstić information content (AvgIpc) is 2.31. The maximum Gasteiger partial charge on any atom is 0.230 e. The van der Waals surface area contributed by atoms with E-state index in [4.69, 9.17) is 0 Å². The lowest BCUT2D eigenvalue weighted by Crippen LogP contribution is -2.33. The molecule has 0 aromatic heterocycles. The van der Waals surface area contributed by atoms with E-state index in [-0.39, 0.29) is 11.9 Å². The van der Waals surface area contributed by atoms with Crippen molar-refractivity contribution in [1.82, 2.24) is 5.32 Å². The number of thioether (sulfide) groups is 1. The second-order valence-corrected chi connectivity index (χ2v) is 5.34. The molecule has 3 heteroatoms. The van der Waals surface area contributed by atoms with Crippen LogP contribution in [0.15, 0.2) is 24.3 Å². The Morgan fingerprint density at radius 1 is 1.35 bits per heavy atom. The number of benzene rings is 1. The zero-order chi connectivity index (χ0) is 12.7. The van der Waals surface area contributed by atoms with Crippen LogP contribution in [-0.2, 0) is 10.5 Å². The molecule has 0 aliphatic carbocycles. The lowest BCUT2D eigenvalue weighted by Gasteiger charge is -2.10. The van der Waals surface area contributed by atoms with Crippen molar-refractivity contribution >= 4 is 17.7 Å². The quantitative estimate of drug-likeness (QED) is 0.841. The van der Waals surface area contributed by atoms with Crippen LogP contribution in [0.25, 0.3) is 0 Å². The van der Waals surface area contributed by atoms with Gasteiger partial charge in [-0.3, -0.25) is 4.79 Å². The van der Waals surface area contributed by atoms with Crippen molar-refractivity contribution in [3.8, 4) is 0 Å². The van der Waals surface area contributed by atoms with Gasteiger partial charge >= 0.3 is 0 Å². The number of hydrogen-bond donors (Lipinski definition) is 1. The van der Waals surface area contributed by atoms with Gasteiger partial charge in [-0.15, -0.1) is 11.8 Å². The molecule has 1 amide bonds. The second kappa shape index (κ2) is 7.38. The Labute approximate surface area is 108 Å². The molecule has 0 heterocycles. The molecule has 0 saturated heterocycles. The summed E-state index contributed by atoms with van der Waals surface area (Å²) in [6, 6.07) is 8.73.